The Hall–Kier alpha value is -2.40. The summed E-state index contributed by atoms with van der Waals surface area (Å²) in [7, 11) is 2.00. The van der Waals surface area contributed by atoms with Gasteiger partial charge in [0.2, 0.25) is 11.8 Å². The third kappa shape index (κ3) is 5.32. The van der Waals surface area contributed by atoms with Gasteiger partial charge in [-0.2, -0.15) is 0 Å². The molecule has 32 heavy (non-hydrogen) atoms. The lowest BCUT2D eigenvalue weighted by Gasteiger charge is -2.42. The van der Waals surface area contributed by atoms with Crippen LogP contribution in [0.3, 0.4) is 0 Å². The maximum atomic E-state index is 13.1. The van der Waals surface area contributed by atoms with Crippen molar-refractivity contribution in [2.75, 3.05) is 20.1 Å². The van der Waals surface area contributed by atoms with Crippen LogP contribution in [0.1, 0.15) is 48.1 Å². The number of aryl methyl sites for hydroxylation is 1. The number of benzene rings is 1. The minimum Gasteiger partial charge on any atom is -0.342 e. The van der Waals surface area contributed by atoms with Crippen LogP contribution < -0.4 is 0 Å². The van der Waals surface area contributed by atoms with E-state index in [2.05, 4.69) is 36.1 Å². The summed E-state index contributed by atoms with van der Waals surface area (Å²) in [5.74, 6) is 1.02. The summed E-state index contributed by atoms with van der Waals surface area (Å²) >= 11 is 1.64. The van der Waals surface area contributed by atoms with E-state index < -0.39 is 0 Å². The molecular weight excluding hydrogens is 416 g/mol. The highest BCUT2D eigenvalue weighted by Gasteiger charge is 2.36. The third-order valence-corrected chi connectivity index (χ3v) is 8.16. The highest BCUT2D eigenvalue weighted by Crippen LogP contribution is 2.32. The van der Waals surface area contributed by atoms with Crippen LogP contribution in [0.15, 0.2) is 47.9 Å². The average Bonchev–Trinajstić information content (AvgIpc) is 3.29. The minimum atomic E-state index is 0.0891. The van der Waals surface area contributed by atoms with E-state index >= 15 is 0 Å². The summed E-state index contributed by atoms with van der Waals surface area (Å²) in [4.78, 5) is 30.9. The van der Waals surface area contributed by atoms with Crippen LogP contribution in [-0.4, -0.2) is 47.8 Å². The zero-order valence-corrected chi connectivity index (χ0v) is 20.0. The second-order valence-corrected chi connectivity index (χ2v) is 10.3. The molecular formula is C27H34N2O2S. The van der Waals surface area contributed by atoms with Crippen molar-refractivity contribution in [2.24, 2.45) is 11.8 Å². The van der Waals surface area contributed by atoms with Crippen molar-refractivity contribution in [1.82, 2.24) is 9.80 Å². The Morgan fingerprint density at radius 1 is 1.12 bits per heavy atom. The molecule has 2 amide bonds. The van der Waals surface area contributed by atoms with Gasteiger partial charge in [0.05, 0.1) is 0 Å². The fourth-order valence-electron chi connectivity index (χ4n) is 4.94. The van der Waals surface area contributed by atoms with Gasteiger partial charge in [-0.1, -0.05) is 36.8 Å². The number of likely N-dealkylation sites (N-methyl/N-ethyl adjacent to an activating group) is 1. The third-order valence-electron chi connectivity index (χ3n) is 7.32. The van der Waals surface area contributed by atoms with E-state index in [1.54, 1.807) is 17.4 Å². The fraction of sp³-hybridized carbons (Fsp3) is 0.481. The number of amides is 2. The number of piperidine rings is 1. The first-order chi connectivity index (χ1) is 15.5. The van der Waals surface area contributed by atoms with Crippen LogP contribution in [0.5, 0.6) is 0 Å². The first-order valence-electron chi connectivity index (χ1n) is 11.8. The molecule has 2 aromatic rings. The van der Waals surface area contributed by atoms with E-state index in [1.807, 2.05) is 35.5 Å². The van der Waals surface area contributed by atoms with E-state index in [1.165, 1.54) is 17.5 Å². The van der Waals surface area contributed by atoms with Gasteiger partial charge >= 0.3 is 0 Å². The number of carbonyl (C=O) groups excluding carboxylic acids is 2. The smallest absolute Gasteiger partial charge is 0.246 e. The SMILES string of the molecule is Cc1ccccc1C[C@@H](C1CCN(C(=O)/C=C/c2cccs2)CC1)N(C)C(=O)C1CCC1. The Balaban J connectivity index is 1.42. The lowest BCUT2D eigenvalue weighted by Crippen LogP contribution is -2.50. The summed E-state index contributed by atoms with van der Waals surface area (Å²) in [6, 6.07) is 12.7. The molecule has 5 heteroatoms. The second kappa shape index (κ2) is 10.5. The molecule has 0 bridgehead atoms. The highest BCUT2D eigenvalue weighted by atomic mass is 32.1. The Kier molecular flexibility index (Phi) is 7.46. The maximum Gasteiger partial charge on any atom is 0.246 e. The molecule has 1 aromatic carbocycles. The molecule has 4 rings (SSSR count). The molecule has 0 spiro atoms. The zero-order valence-electron chi connectivity index (χ0n) is 19.2. The van der Waals surface area contributed by atoms with Gasteiger partial charge in [-0.3, -0.25) is 9.59 Å². The Morgan fingerprint density at radius 2 is 1.88 bits per heavy atom. The Labute approximate surface area is 195 Å². The van der Waals surface area contributed by atoms with Crippen molar-refractivity contribution in [3.05, 3.63) is 63.9 Å². The summed E-state index contributed by atoms with van der Waals surface area (Å²) < 4.78 is 0. The summed E-state index contributed by atoms with van der Waals surface area (Å²) in [6.45, 7) is 3.67. The Bertz CT molecular complexity index is 940. The summed E-state index contributed by atoms with van der Waals surface area (Å²) in [5.41, 5.74) is 2.61. The van der Waals surface area contributed by atoms with E-state index in [0.717, 1.165) is 50.1 Å². The molecule has 0 radical (unpaired) electrons. The number of nitrogens with zero attached hydrogens (tertiary/aromatic N) is 2. The quantitative estimate of drug-likeness (QED) is 0.546. The van der Waals surface area contributed by atoms with E-state index in [-0.39, 0.29) is 17.9 Å². The molecule has 1 aromatic heterocycles. The minimum absolute atomic E-state index is 0.0891. The number of carbonyl (C=O) groups is 2. The van der Waals surface area contributed by atoms with Gasteiger partial charge in [-0.15, -0.1) is 11.3 Å². The lowest BCUT2D eigenvalue weighted by molar-refractivity contribution is -0.141. The van der Waals surface area contributed by atoms with Crippen LogP contribution in [-0.2, 0) is 16.0 Å². The van der Waals surface area contributed by atoms with E-state index in [4.69, 9.17) is 0 Å². The molecule has 0 N–H and O–H groups in total. The van der Waals surface area contributed by atoms with Crippen LogP contribution in [0.25, 0.3) is 6.08 Å². The molecule has 4 nitrogen and oxygen atoms in total. The predicted molar refractivity (Wildman–Crippen MR) is 131 cm³/mol. The number of hydrogen-bond acceptors (Lipinski definition) is 3. The first kappa shape index (κ1) is 22.8. The van der Waals surface area contributed by atoms with Crippen molar-refractivity contribution in [1.29, 1.82) is 0 Å². The van der Waals surface area contributed by atoms with Gasteiger partial charge in [0.15, 0.2) is 0 Å². The molecule has 1 saturated heterocycles. The van der Waals surface area contributed by atoms with Crippen LogP contribution in [0.2, 0.25) is 0 Å². The van der Waals surface area contributed by atoms with Crippen LogP contribution in [0, 0.1) is 18.8 Å². The van der Waals surface area contributed by atoms with Crippen molar-refractivity contribution in [3.8, 4) is 0 Å². The monoisotopic (exact) mass is 450 g/mol. The van der Waals surface area contributed by atoms with E-state index in [0.29, 0.717) is 11.8 Å². The fourth-order valence-corrected chi connectivity index (χ4v) is 5.56. The molecule has 170 valence electrons. The normalized spacial score (nSPS) is 18.5. The molecule has 1 aliphatic heterocycles. The molecule has 2 fully saturated rings. The second-order valence-electron chi connectivity index (χ2n) is 9.29. The standard InChI is InChI=1S/C27H34N2O2S/c1-20-7-3-4-8-23(20)19-25(28(2)27(31)22-9-5-10-22)21-14-16-29(17-15-21)26(30)13-12-24-11-6-18-32-24/h3-4,6-8,11-13,18,21-22,25H,5,9-10,14-17,19H2,1-2H3/b13-12+/t25-/m0/s1. The van der Waals surface area contributed by atoms with Gasteiger partial charge in [0, 0.05) is 43.1 Å². The van der Waals surface area contributed by atoms with Gasteiger partial charge in [0.1, 0.15) is 0 Å². The maximum absolute atomic E-state index is 13.1. The zero-order chi connectivity index (χ0) is 22.5. The largest absolute Gasteiger partial charge is 0.342 e. The van der Waals surface area contributed by atoms with Crippen molar-refractivity contribution < 1.29 is 9.59 Å². The van der Waals surface area contributed by atoms with Gasteiger partial charge in [-0.25, -0.2) is 0 Å². The number of rotatable bonds is 7. The highest BCUT2D eigenvalue weighted by molar-refractivity contribution is 7.10. The first-order valence-corrected chi connectivity index (χ1v) is 12.7. The van der Waals surface area contributed by atoms with Crippen molar-refractivity contribution in [2.45, 2.75) is 51.5 Å². The molecule has 1 aliphatic carbocycles. The lowest BCUT2D eigenvalue weighted by atomic mass is 9.81. The van der Waals surface area contributed by atoms with E-state index in [9.17, 15) is 9.59 Å². The summed E-state index contributed by atoms with van der Waals surface area (Å²) in [5, 5.41) is 2.02. The topological polar surface area (TPSA) is 40.6 Å². The number of thiophene rings is 1. The Morgan fingerprint density at radius 3 is 2.50 bits per heavy atom. The number of hydrogen-bond donors (Lipinski definition) is 0. The van der Waals surface area contributed by atoms with Gasteiger partial charge in [-0.05, 0) is 73.6 Å². The molecule has 2 aliphatic rings. The predicted octanol–water partition coefficient (Wildman–Crippen LogP) is 5.18. The molecule has 0 unspecified atom stereocenters. The number of likely N-dealkylation sites (tertiary alicyclic amines) is 1. The van der Waals surface area contributed by atoms with Gasteiger partial charge in [0.25, 0.3) is 0 Å². The van der Waals surface area contributed by atoms with Crippen LogP contribution >= 0.6 is 11.3 Å². The van der Waals surface area contributed by atoms with Crippen molar-refractivity contribution in [3.63, 3.8) is 0 Å². The molecule has 1 saturated carbocycles. The average molecular weight is 451 g/mol. The summed E-state index contributed by atoms with van der Waals surface area (Å²) in [6.07, 6.45) is 9.61. The molecule has 2 heterocycles. The van der Waals surface area contributed by atoms with Crippen molar-refractivity contribution >= 4 is 29.2 Å². The van der Waals surface area contributed by atoms with Gasteiger partial charge < -0.3 is 9.80 Å². The van der Waals surface area contributed by atoms with Crippen LogP contribution in [0.4, 0.5) is 0 Å². The molecule has 1 atom stereocenters.